The summed E-state index contributed by atoms with van der Waals surface area (Å²) in [5, 5.41) is 53.4. The number of nitrogens with two attached hydrogens (primary N) is 1. The van der Waals surface area contributed by atoms with E-state index < -0.39 is 94.9 Å². The van der Waals surface area contributed by atoms with Crippen molar-refractivity contribution in [2.24, 2.45) is 5.73 Å². The summed E-state index contributed by atoms with van der Waals surface area (Å²) in [4.78, 5) is 30.1. The van der Waals surface area contributed by atoms with Crippen molar-refractivity contribution in [2.75, 3.05) is 31.3 Å². The number of sulfone groups is 1. The highest BCUT2D eigenvalue weighted by molar-refractivity contribution is 7.91. The molecule has 9 N–H and O–H groups in total. The molecule has 1 aromatic heterocycles. The van der Waals surface area contributed by atoms with Gasteiger partial charge in [-0.05, 0) is 49.1 Å². The zero-order valence-electron chi connectivity index (χ0n) is 25.9. The number of amides is 2. The first-order valence-corrected chi connectivity index (χ1v) is 17.7. The number of aliphatic hydroxyl groups excluding tert-OH is 5. The number of ether oxygens (including phenoxy) is 1. The van der Waals surface area contributed by atoms with Gasteiger partial charge >= 0.3 is 0 Å². The number of hydrogen-bond acceptors (Lipinski definition) is 13. The van der Waals surface area contributed by atoms with Crippen LogP contribution in [0.1, 0.15) is 29.8 Å². The molecule has 1 saturated heterocycles. The summed E-state index contributed by atoms with van der Waals surface area (Å²) >= 11 is 1.16. The lowest BCUT2D eigenvalue weighted by atomic mass is 9.92. The van der Waals surface area contributed by atoms with Crippen LogP contribution in [-0.2, 0) is 31.4 Å². The molecule has 19 heteroatoms. The Kier molecular flexibility index (Phi) is 12.6. The fraction of sp³-hybridized carbons (Fsp3) is 0.500. The quantitative estimate of drug-likeness (QED) is 0.0889. The third-order valence-electron chi connectivity index (χ3n) is 8.05. The Morgan fingerprint density at radius 2 is 1.63 bits per heavy atom. The molecular weight excluding hydrogens is 697 g/mol. The van der Waals surface area contributed by atoms with Crippen LogP contribution in [0.15, 0.2) is 30.3 Å². The second-order valence-corrected chi connectivity index (χ2v) is 15.2. The second kappa shape index (κ2) is 16.1. The maximum atomic E-state index is 14.1. The standard InChI is InChI=1S/C30H37F3N4O10S2/c31-18-11-20(33)19(32)8-15(18)7-16(34)9-25(41)37-30(3-5-49(45,46)6-4-30)29-36-21-2-1-17(10-24(21)48-29)47-14-26(42)35-12-22(39)27(43)28(44)23(40)13-38/h1-2,8,10-11,16,22-23,27-28,38-40,43-44H,3-7,9,12-14,34H2,(H,35,42)(H,37,41)/t16-,22+,23-,27-,28+/m1/s1. The molecule has 2 amide bonds. The van der Waals surface area contributed by atoms with Crippen LogP contribution in [0, 0.1) is 17.5 Å². The predicted octanol–water partition coefficient (Wildman–Crippen LogP) is -0.875. The number of nitrogens with one attached hydrogen (secondary N) is 2. The van der Waals surface area contributed by atoms with Crippen molar-refractivity contribution in [1.82, 2.24) is 15.6 Å². The smallest absolute Gasteiger partial charge is 0.258 e. The number of carbonyl (C=O) groups is 2. The van der Waals surface area contributed by atoms with Gasteiger partial charge in [-0.1, -0.05) is 0 Å². The fourth-order valence-electron chi connectivity index (χ4n) is 5.21. The zero-order chi connectivity index (χ0) is 36.1. The van der Waals surface area contributed by atoms with Crippen molar-refractivity contribution in [3.8, 4) is 5.75 Å². The van der Waals surface area contributed by atoms with E-state index in [-0.39, 0.29) is 48.5 Å². The molecule has 1 aliphatic heterocycles. The average Bonchev–Trinajstić information content (AvgIpc) is 3.49. The molecular formula is C30H37F3N4O10S2. The number of hydrogen-bond donors (Lipinski definition) is 8. The van der Waals surface area contributed by atoms with Gasteiger partial charge in [0, 0.05) is 25.1 Å². The molecule has 1 aliphatic rings. The van der Waals surface area contributed by atoms with Gasteiger partial charge in [-0.3, -0.25) is 9.59 Å². The lowest BCUT2D eigenvalue weighted by Gasteiger charge is -2.36. The van der Waals surface area contributed by atoms with E-state index in [9.17, 15) is 51.6 Å². The minimum atomic E-state index is -3.38. The van der Waals surface area contributed by atoms with E-state index in [0.717, 1.165) is 11.3 Å². The molecule has 2 heterocycles. The number of halogens is 3. The van der Waals surface area contributed by atoms with Crippen LogP contribution >= 0.6 is 11.3 Å². The highest BCUT2D eigenvalue weighted by atomic mass is 32.2. The molecule has 5 atom stereocenters. The van der Waals surface area contributed by atoms with Gasteiger partial charge in [0.2, 0.25) is 5.91 Å². The Morgan fingerprint density at radius 3 is 2.31 bits per heavy atom. The highest BCUT2D eigenvalue weighted by Gasteiger charge is 2.42. The number of benzene rings is 2. The van der Waals surface area contributed by atoms with Gasteiger partial charge in [-0.25, -0.2) is 26.6 Å². The number of thiazole rings is 1. The molecule has 14 nitrogen and oxygen atoms in total. The zero-order valence-corrected chi connectivity index (χ0v) is 27.5. The first-order valence-electron chi connectivity index (χ1n) is 15.1. The van der Waals surface area contributed by atoms with Crippen LogP contribution in [0.25, 0.3) is 10.2 Å². The number of fused-ring (bicyclic) bond motifs is 1. The molecule has 2 aromatic carbocycles. The molecule has 3 aromatic rings. The van der Waals surface area contributed by atoms with Crippen LogP contribution in [-0.4, -0.2) is 112 Å². The molecule has 0 spiro atoms. The number of nitrogens with zero attached hydrogens (tertiary/aromatic N) is 1. The number of aromatic nitrogens is 1. The van der Waals surface area contributed by atoms with Crippen LogP contribution in [0.2, 0.25) is 0 Å². The van der Waals surface area contributed by atoms with Gasteiger partial charge in [-0.2, -0.15) is 0 Å². The Hall–Kier alpha value is -3.43. The number of aliphatic hydroxyl groups is 5. The van der Waals surface area contributed by atoms with Gasteiger partial charge in [0.1, 0.15) is 34.9 Å². The summed E-state index contributed by atoms with van der Waals surface area (Å²) in [5.74, 6) is -5.10. The summed E-state index contributed by atoms with van der Waals surface area (Å²) in [6, 6.07) is 4.80. The lowest BCUT2D eigenvalue weighted by Crippen LogP contribution is -2.51. The molecule has 0 saturated carbocycles. The lowest BCUT2D eigenvalue weighted by molar-refractivity contribution is -0.127. The van der Waals surface area contributed by atoms with E-state index in [0.29, 0.717) is 27.4 Å². The summed E-state index contributed by atoms with van der Waals surface area (Å²) < 4.78 is 71.8. The van der Waals surface area contributed by atoms with Crippen molar-refractivity contribution in [3.63, 3.8) is 0 Å². The van der Waals surface area contributed by atoms with E-state index in [4.69, 9.17) is 15.6 Å². The third-order valence-corrected chi connectivity index (χ3v) is 10.9. The van der Waals surface area contributed by atoms with Crippen LogP contribution < -0.4 is 21.1 Å². The summed E-state index contributed by atoms with van der Waals surface area (Å²) in [6.45, 7) is -1.85. The number of carbonyl (C=O) groups excluding carboxylic acids is 2. The summed E-state index contributed by atoms with van der Waals surface area (Å²) in [5.41, 5.74) is 5.15. The largest absolute Gasteiger partial charge is 0.484 e. The first-order chi connectivity index (χ1) is 23.0. The van der Waals surface area contributed by atoms with Crippen molar-refractivity contribution in [2.45, 2.75) is 61.7 Å². The van der Waals surface area contributed by atoms with E-state index in [1.165, 1.54) is 6.07 Å². The SMILES string of the molecule is N[C@@H](CC(=O)NC1(c2nc3ccc(OCC(=O)NC[C@H](O)[C@@H](O)[C@@H](O)[C@H](O)CO)cc3s2)CCS(=O)(=O)CC1)Cc1cc(F)c(F)cc1F. The average molecular weight is 735 g/mol. The molecule has 0 unspecified atom stereocenters. The minimum absolute atomic E-state index is 0.00794. The summed E-state index contributed by atoms with van der Waals surface area (Å²) in [7, 11) is -3.38. The highest BCUT2D eigenvalue weighted by Crippen LogP contribution is 2.39. The van der Waals surface area contributed by atoms with E-state index in [2.05, 4.69) is 15.6 Å². The maximum absolute atomic E-state index is 14.1. The van der Waals surface area contributed by atoms with Crippen molar-refractivity contribution in [1.29, 1.82) is 0 Å². The molecule has 4 rings (SSSR count). The van der Waals surface area contributed by atoms with Gasteiger partial charge in [0.15, 0.2) is 28.1 Å². The maximum Gasteiger partial charge on any atom is 0.258 e. The van der Waals surface area contributed by atoms with Gasteiger partial charge in [-0.15, -0.1) is 11.3 Å². The topological polar surface area (TPSA) is 242 Å². The fourth-order valence-corrected chi connectivity index (χ4v) is 7.93. The molecule has 0 radical (unpaired) electrons. The van der Waals surface area contributed by atoms with E-state index in [1.807, 2.05) is 0 Å². The molecule has 0 aliphatic carbocycles. The Labute approximate surface area is 282 Å². The normalized spacial score (nSPS) is 18.6. The van der Waals surface area contributed by atoms with Gasteiger partial charge < -0.3 is 46.6 Å². The van der Waals surface area contributed by atoms with Crippen LogP contribution in [0.4, 0.5) is 13.2 Å². The Bertz CT molecular complexity index is 1750. The molecule has 0 bridgehead atoms. The first kappa shape index (κ1) is 38.4. The van der Waals surface area contributed by atoms with Gasteiger partial charge in [0.05, 0.1) is 40.0 Å². The van der Waals surface area contributed by atoms with Crippen molar-refractivity contribution < 1.29 is 61.4 Å². The molecule has 270 valence electrons. The van der Waals surface area contributed by atoms with Crippen molar-refractivity contribution >= 4 is 43.2 Å². The molecule has 1 fully saturated rings. The monoisotopic (exact) mass is 734 g/mol. The third kappa shape index (κ3) is 9.85. The van der Waals surface area contributed by atoms with Crippen molar-refractivity contribution in [3.05, 3.63) is 58.4 Å². The Morgan fingerprint density at radius 1 is 0.980 bits per heavy atom. The predicted molar refractivity (Wildman–Crippen MR) is 170 cm³/mol. The van der Waals surface area contributed by atoms with Crippen LogP contribution in [0.3, 0.4) is 0 Å². The summed E-state index contributed by atoms with van der Waals surface area (Å²) in [6.07, 6.45) is -7.63. The van der Waals surface area contributed by atoms with E-state index in [1.54, 1.807) is 12.1 Å². The van der Waals surface area contributed by atoms with Crippen LogP contribution in [0.5, 0.6) is 5.75 Å². The molecule has 49 heavy (non-hydrogen) atoms. The van der Waals surface area contributed by atoms with E-state index >= 15 is 0 Å². The second-order valence-electron chi connectivity index (χ2n) is 11.8. The Balaban J connectivity index is 1.41. The number of rotatable bonds is 15. The minimum Gasteiger partial charge on any atom is -0.484 e. The van der Waals surface area contributed by atoms with Gasteiger partial charge in [0.25, 0.3) is 5.91 Å².